The van der Waals surface area contributed by atoms with Crippen molar-refractivity contribution in [1.29, 1.82) is 0 Å². The van der Waals surface area contributed by atoms with Gasteiger partial charge in [0, 0.05) is 17.3 Å². The Morgan fingerprint density at radius 1 is 0.935 bits per heavy atom. The second kappa shape index (κ2) is 10.1. The monoisotopic (exact) mass is 456 g/mol. The Bertz CT molecular complexity index is 1160. The molecule has 5 nitrogen and oxygen atoms in total. The first-order chi connectivity index (χ1) is 14.8. The Labute approximate surface area is 188 Å². The second-order valence-corrected chi connectivity index (χ2v) is 9.58. The Balaban J connectivity index is 1.91. The van der Waals surface area contributed by atoms with Crippen molar-refractivity contribution in [3.05, 3.63) is 94.5 Å². The van der Waals surface area contributed by atoms with Gasteiger partial charge in [-0.15, -0.1) is 0 Å². The summed E-state index contributed by atoms with van der Waals surface area (Å²) in [7, 11) is -3.92. The zero-order chi connectivity index (χ0) is 22.4. The second-order valence-electron chi connectivity index (χ2n) is 7.24. The highest BCUT2D eigenvalue weighted by molar-refractivity contribution is 7.89. The highest BCUT2D eigenvalue weighted by Crippen LogP contribution is 2.23. The van der Waals surface area contributed by atoms with Gasteiger partial charge >= 0.3 is 0 Å². The first kappa shape index (κ1) is 23.0. The van der Waals surface area contributed by atoms with E-state index < -0.39 is 15.9 Å². The Hall–Kier alpha value is -2.67. The lowest BCUT2D eigenvalue weighted by atomic mass is 10.1. The third-order valence-electron chi connectivity index (χ3n) is 4.96. The molecule has 1 N–H and O–H groups in total. The lowest BCUT2D eigenvalue weighted by Crippen LogP contribution is -2.37. The average Bonchev–Trinajstić information content (AvgIpc) is 2.75. The third-order valence-corrected chi connectivity index (χ3v) is 7.13. The van der Waals surface area contributed by atoms with Crippen LogP contribution in [0.3, 0.4) is 0 Å². The van der Waals surface area contributed by atoms with E-state index in [-0.39, 0.29) is 18.0 Å². The van der Waals surface area contributed by atoms with Crippen molar-refractivity contribution in [2.24, 2.45) is 0 Å². The zero-order valence-electron chi connectivity index (χ0n) is 17.5. The maximum Gasteiger partial charge on any atom is 0.243 e. The number of rotatable bonds is 8. The molecule has 0 saturated carbocycles. The standard InChI is InChI=1S/C24H25ClN2O3S/c1-3-19-8-5-7-11-23(19)26-24(28)17-27(16-20-9-4-6-10-22(20)25)31(29,30)21-14-12-18(2)13-15-21/h4-15H,3,16-17H2,1-2H3,(H,26,28). The van der Waals surface area contributed by atoms with E-state index in [1.807, 2.05) is 38.1 Å². The number of nitrogens with zero attached hydrogens (tertiary/aromatic N) is 1. The molecule has 1 amide bonds. The van der Waals surface area contributed by atoms with E-state index in [0.717, 1.165) is 21.9 Å². The van der Waals surface area contributed by atoms with Crippen LogP contribution in [0.15, 0.2) is 77.7 Å². The number of para-hydroxylation sites is 1. The van der Waals surface area contributed by atoms with Crippen molar-refractivity contribution in [2.45, 2.75) is 31.7 Å². The van der Waals surface area contributed by atoms with Crippen molar-refractivity contribution < 1.29 is 13.2 Å². The molecule has 7 heteroatoms. The largest absolute Gasteiger partial charge is 0.325 e. The topological polar surface area (TPSA) is 66.5 Å². The molecule has 0 aliphatic rings. The molecule has 0 aliphatic carbocycles. The Kier molecular flexibility index (Phi) is 7.49. The van der Waals surface area contributed by atoms with E-state index in [1.54, 1.807) is 48.5 Å². The molecule has 3 aromatic rings. The fourth-order valence-corrected chi connectivity index (χ4v) is 4.77. The van der Waals surface area contributed by atoms with E-state index >= 15 is 0 Å². The number of aryl methyl sites for hydroxylation is 2. The molecule has 0 heterocycles. The van der Waals surface area contributed by atoms with E-state index in [0.29, 0.717) is 16.3 Å². The first-order valence-corrected chi connectivity index (χ1v) is 11.8. The molecule has 0 aliphatic heterocycles. The Morgan fingerprint density at radius 2 is 1.55 bits per heavy atom. The number of hydrogen-bond donors (Lipinski definition) is 1. The van der Waals surface area contributed by atoms with Crippen LogP contribution in [0.4, 0.5) is 5.69 Å². The molecule has 31 heavy (non-hydrogen) atoms. The maximum atomic E-state index is 13.4. The minimum Gasteiger partial charge on any atom is -0.325 e. The van der Waals surface area contributed by atoms with Gasteiger partial charge < -0.3 is 5.32 Å². The molecule has 0 spiro atoms. The number of nitrogens with one attached hydrogen (secondary N) is 1. The van der Waals surface area contributed by atoms with E-state index in [1.165, 1.54) is 0 Å². The minimum atomic E-state index is -3.92. The fraction of sp³-hybridized carbons (Fsp3) is 0.208. The summed E-state index contributed by atoms with van der Waals surface area (Å²) < 4.78 is 27.9. The summed E-state index contributed by atoms with van der Waals surface area (Å²) in [5, 5.41) is 3.29. The summed E-state index contributed by atoms with van der Waals surface area (Å²) in [6.07, 6.45) is 0.751. The zero-order valence-corrected chi connectivity index (χ0v) is 19.1. The normalized spacial score (nSPS) is 11.5. The highest BCUT2D eigenvalue weighted by atomic mass is 35.5. The van der Waals surface area contributed by atoms with Gasteiger partial charge in [0.1, 0.15) is 0 Å². The first-order valence-electron chi connectivity index (χ1n) is 9.99. The lowest BCUT2D eigenvalue weighted by Gasteiger charge is -2.23. The molecule has 3 rings (SSSR count). The van der Waals surface area contributed by atoms with Crippen LogP contribution in [0, 0.1) is 6.92 Å². The van der Waals surface area contributed by atoms with Crippen LogP contribution in [-0.2, 0) is 27.8 Å². The molecule has 162 valence electrons. The SMILES string of the molecule is CCc1ccccc1NC(=O)CN(Cc1ccccc1Cl)S(=O)(=O)c1ccc(C)cc1. The Morgan fingerprint density at radius 3 is 2.19 bits per heavy atom. The molecular weight excluding hydrogens is 432 g/mol. The van der Waals surface area contributed by atoms with Gasteiger partial charge in [0.25, 0.3) is 0 Å². The predicted octanol–water partition coefficient (Wildman–Crippen LogP) is 5.04. The quantitative estimate of drug-likeness (QED) is 0.516. The van der Waals surface area contributed by atoms with Gasteiger partial charge in [-0.1, -0.05) is 72.6 Å². The number of halogens is 1. The molecule has 0 fully saturated rings. The van der Waals surface area contributed by atoms with Crippen LogP contribution in [0.2, 0.25) is 5.02 Å². The van der Waals surface area contributed by atoms with Crippen LogP contribution in [0.5, 0.6) is 0 Å². The smallest absolute Gasteiger partial charge is 0.243 e. The van der Waals surface area contributed by atoms with Gasteiger partial charge in [0.2, 0.25) is 15.9 Å². The third kappa shape index (κ3) is 5.73. The van der Waals surface area contributed by atoms with Crippen molar-refractivity contribution >= 4 is 33.2 Å². The van der Waals surface area contributed by atoms with Gasteiger partial charge in [-0.25, -0.2) is 8.42 Å². The van der Waals surface area contributed by atoms with Gasteiger partial charge in [-0.2, -0.15) is 4.31 Å². The van der Waals surface area contributed by atoms with E-state index in [4.69, 9.17) is 11.6 Å². The number of sulfonamides is 1. The van der Waals surface area contributed by atoms with Crippen LogP contribution in [0.25, 0.3) is 0 Å². The van der Waals surface area contributed by atoms with Gasteiger partial charge in [-0.05, 0) is 48.7 Å². The molecule has 0 saturated heterocycles. The van der Waals surface area contributed by atoms with Gasteiger partial charge in [0.05, 0.1) is 11.4 Å². The number of amides is 1. The molecule has 0 atom stereocenters. The predicted molar refractivity (Wildman–Crippen MR) is 125 cm³/mol. The van der Waals surface area contributed by atoms with Crippen LogP contribution in [-0.4, -0.2) is 25.2 Å². The molecule has 0 radical (unpaired) electrons. The summed E-state index contributed by atoms with van der Waals surface area (Å²) >= 11 is 6.27. The summed E-state index contributed by atoms with van der Waals surface area (Å²) in [5.41, 5.74) is 3.24. The molecular formula is C24H25ClN2O3S. The van der Waals surface area contributed by atoms with Crippen LogP contribution >= 0.6 is 11.6 Å². The molecule has 0 aromatic heterocycles. The highest BCUT2D eigenvalue weighted by Gasteiger charge is 2.27. The van der Waals surface area contributed by atoms with Crippen molar-refractivity contribution in [1.82, 2.24) is 4.31 Å². The fourth-order valence-electron chi connectivity index (χ4n) is 3.20. The number of hydrogen-bond acceptors (Lipinski definition) is 3. The number of carbonyl (C=O) groups is 1. The van der Waals surface area contributed by atoms with E-state index in [2.05, 4.69) is 5.32 Å². The average molecular weight is 457 g/mol. The molecule has 3 aromatic carbocycles. The van der Waals surface area contributed by atoms with Crippen molar-refractivity contribution in [2.75, 3.05) is 11.9 Å². The van der Waals surface area contributed by atoms with Crippen LogP contribution < -0.4 is 5.32 Å². The summed E-state index contributed by atoms with van der Waals surface area (Å²) in [5.74, 6) is -0.413. The summed E-state index contributed by atoms with van der Waals surface area (Å²) in [6.45, 7) is 3.53. The van der Waals surface area contributed by atoms with Crippen molar-refractivity contribution in [3.8, 4) is 0 Å². The maximum absolute atomic E-state index is 13.4. The molecule has 0 unspecified atom stereocenters. The van der Waals surface area contributed by atoms with Crippen molar-refractivity contribution in [3.63, 3.8) is 0 Å². The number of anilines is 1. The summed E-state index contributed by atoms with van der Waals surface area (Å²) in [6, 6.07) is 21.1. The molecule has 0 bridgehead atoms. The van der Waals surface area contributed by atoms with Gasteiger partial charge in [0.15, 0.2) is 0 Å². The van der Waals surface area contributed by atoms with E-state index in [9.17, 15) is 13.2 Å². The number of benzene rings is 3. The number of carbonyl (C=O) groups excluding carboxylic acids is 1. The minimum absolute atomic E-state index is 0.0152. The van der Waals surface area contributed by atoms with Crippen LogP contribution in [0.1, 0.15) is 23.6 Å². The van der Waals surface area contributed by atoms with Gasteiger partial charge in [-0.3, -0.25) is 4.79 Å². The summed E-state index contributed by atoms with van der Waals surface area (Å²) in [4.78, 5) is 13.0. The lowest BCUT2D eigenvalue weighted by molar-refractivity contribution is -0.116.